The molecule has 0 aliphatic carbocycles. The smallest absolute Gasteiger partial charge is 0.231 e. The number of ether oxygens (including phenoxy) is 1. The Labute approximate surface area is 160 Å². The molecule has 1 unspecified atom stereocenters. The van der Waals surface area contributed by atoms with Crippen molar-refractivity contribution in [2.75, 3.05) is 6.61 Å². The van der Waals surface area contributed by atoms with Gasteiger partial charge in [-0.1, -0.05) is 30.3 Å². The first-order chi connectivity index (χ1) is 13.8. The van der Waals surface area contributed by atoms with Gasteiger partial charge in [-0.2, -0.15) is 0 Å². The number of benzene rings is 1. The second-order valence-electron chi connectivity index (χ2n) is 6.44. The van der Waals surface area contributed by atoms with Crippen LogP contribution in [0.4, 0.5) is 0 Å². The van der Waals surface area contributed by atoms with Crippen LogP contribution in [0.5, 0.6) is 5.88 Å². The average molecular weight is 371 g/mol. The first-order valence-electron chi connectivity index (χ1n) is 8.90. The molecule has 0 amide bonds. The maximum Gasteiger partial charge on any atom is 0.231 e. The number of fused-ring (bicyclic) bond motifs is 2. The van der Waals surface area contributed by atoms with Crippen LogP contribution in [-0.4, -0.2) is 26.2 Å². The van der Waals surface area contributed by atoms with E-state index >= 15 is 0 Å². The number of nitrogens with zero attached hydrogens (tertiary/aromatic N) is 4. The Morgan fingerprint density at radius 2 is 1.96 bits per heavy atom. The van der Waals surface area contributed by atoms with E-state index in [4.69, 9.17) is 14.9 Å². The van der Waals surface area contributed by atoms with E-state index in [1.165, 1.54) is 0 Å². The Morgan fingerprint density at radius 3 is 2.82 bits per heavy atom. The van der Waals surface area contributed by atoms with Gasteiger partial charge in [0.1, 0.15) is 17.9 Å². The lowest BCUT2D eigenvalue weighted by Crippen LogP contribution is -2.19. The zero-order valence-corrected chi connectivity index (χ0v) is 14.9. The molecule has 5 aromatic rings. The third kappa shape index (κ3) is 2.97. The molecule has 5 rings (SSSR count). The van der Waals surface area contributed by atoms with Crippen LogP contribution in [0, 0.1) is 0 Å². The largest absolute Gasteiger partial charge is 0.475 e. The molecule has 0 radical (unpaired) electrons. The maximum absolute atomic E-state index is 6.21. The highest BCUT2D eigenvalue weighted by Gasteiger charge is 2.14. The van der Waals surface area contributed by atoms with Gasteiger partial charge < -0.3 is 14.9 Å². The molecule has 1 aromatic carbocycles. The van der Waals surface area contributed by atoms with Crippen molar-refractivity contribution in [3.8, 4) is 17.3 Å². The monoisotopic (exact) mass is 371 g/mol. The number of imidazole rings is 1. The van der Waals surface area contributed by atoms with E-state index in [2.05, 4.69) is 15.1 Å². The number of hydrogen-bond donors (Lipinski definition) is 1. The molecule has 0 bridgehead atoms. The van der Waals surface area contributed by atoms with Gasteiger partial charge in [0.2, 0.25) is 5.88 Å². The normalized spacial score (nSPS) is 12.5. The second-order valence-corrected chi connectivity index (χ2v) is 6.44. The van der Waals surface area contributed by atoms with E-state index in [1.807, 2.05) is 48.5 Å². The third-order valence-electron chi connectivity index (χ3n) is 4.55. The van der Waals surface area contributed by atoms with Crippen LogP contribution in [0.2, 0.25) is 0 Å². The molecule has 0 saturated carbocycles. The van der Waals surface area contributed by atoms with Crippen LogP contribution in [0.25, 0.3) is 28.1 Å². The van der Waals surface area contributed by atoms with Crippen LogP contribution in [0.15, 0.2) is 77.6 Å². The quantitative estimate of drug-likeness (QED) is 0.507. The predicted molar refractivity (Wildman–Crippen MR) is 105 cm³/mol. The van der Waals surface area contributed by atoms with E-state index in [9.17, 15) is 0 Å². The highest BCUT2D eigenvalue weighted by Crippen LogP contribution is 2.28. The summed E-state index contributed by atoms with van der Waals surface area (Å²) < 4.78 is 13.4. The summed E-state index contributed by atoms with van der Waals surface area (Å²) in [6.07, 6.45) is 5.19. The van der Waals surface area contributed by atoms with Crippen molar-refractivity contribution in [2.24, 2.45) is 5.73 Å². The number of furan rings is 1. The fourth-order valence-corrected chi connectivity index (χ4v) is 3.08. The Bertz CT molecular complexity index is 1210. The average Bonchev–Trinajstić information content (AvgIpc) is 3.36. The van der Waals surface area contributed by atoms with Crippen LogP contribution >= 0.6 is 0 Å². The summed E-state index contributed by atoms with van der Waals surface area (Å²) in [7, 11) is 0. The molecule has 4 heterocycles. The molecule has 0 fully saturated rings. The summed E-state index contributed by atoms with van der Waals surface area (Å²) in [5.41, 5.74) is 9.43. The van der Waals surface area contributed by atoms with Gasteiger partial charge in [0, 0.05) is 23.8 Å². The van der Waals surface area contributed by atoms with Gasteiger partial charge in [-0.05, 0) is 23.8 Å². The maximum atomic E-state index is 6.21. The van der Waals surface area contributed by atoms with Crippen molar-refractivity contribution in [1.82, 2.24) is 19.6 Å². The first kappa shape index (κ1) is 16.5. The second kappa shape index (κ2) is 6.79. The summed E-state index contributed by atoms with van der Waals surface area (Å²) >= 11 is 0. The van der Waals surface area contributed by atoms with Crippen molar-refractivity contribution < 1.29 is 9.15 Å². The lowest BCUT2D eigenvalue weighted by atomic mass is 10.1. The SMILES string of the molecule is NC(COc1ccc2ncc(-c3cc4cnccc4o3)n2n1)c1ccccc1. The summed E-state index contributed by atoms with van der Waals surface area (Å²) in [5.74, 6) is 1.14. The topological polar surface area (TPSA) is 91.5 Å². The van der Waals surface area contributed by atoms with E-state index in [1.54, 1.807) is 29.2 Å². The van der Waals surface area contributed by atoms with Crippen molar-refractivity contribution in [2.45, 2.75) is 6.04 Å². The molecule has 7 heteroatoms. The zero-order valence-electron chi connectivity index (χ0n) is 14.9. The van der Waals surface area contributed by atoms with Crippen molar-refractivity contribution >= 4 is 16.6 Å². The highest BCUT2D eigenvalue weighted by atomic mass is 16.5. The number of hydrogen-bond acceptors (Lipinski definition) is 6. The van der Waals surface area contributed by atoms with Crippen molar-refractivity contribution in [1.29, 1.82) is 0 Å². The summed E-state index contributed by atoms with van der Waals surface area (Å²) in [5, 5.41) is 5.47. The summed E-state index contributed by atoms with van der Waals surface area (Å²) in [6.45, 7) is 0.322. The van der Waals surface area contributed by atoms with E-state index < -0.39 is 0 Å². The van der Waals surface area contributed by atoms with E-state index in [0.717, 1.165) is 22.2 Å². The molecular formula is C21H17N5O2. The van der Waals surface area contributed by atoms with Gasteiger partial charge in [0.25, 0.3) is 0 Å². The number of nitrogens with two attached hydrogens (primary N) is 1. The van der Waals surface area contributed by atoms with Crippen LogP contribution < -0.4 is 10.5 Å². The van der Waals surface area contributed by atoms with Crippen molar-refractivity contribution in [3.05, 3.63) is 78.8 Å². The lowest BCUT2D eigenvalue weighted by Gasteiger charge is -2.13. The van der Waals surface area contributed by atoms with Crippen LogP contribution in [0.1, 0.15) is 11.6 Å². The van der Waals surface area contributed by atoms with E-state index in [0.29, 0.717) is 23.9 Å². The number of aromatic nitrogens is 4. The molecule has 138 valence electrons. The molecule has 0 saturated heterocycles. The first-order valence-corrected chi connectivity index (χ1v) is 8.90. The Balaban J connectivity index is 1.43. The standard InChI is InChI=1S/C21H17N5O2/c22-16(14-4-2-1-3-5-14)13-27-21-7-6-20-24-12-17(26(20)25-21)19-10-15-11-23-9-8-18(15)28-19/h1-12,16H,13,22H2. The molecule has 2 N–H and O–H groups in total. The highest BCUT2D eigenvalue weighted by molar-refractivity contribution is 5.81. The Kier molecular flexibility index (Phi) is 3.99. The molecule has 4 aromatic heterocycles. The van der Waals surface area contributed by atoms with Crippen LogP contribution in [0.3, 0.4) is 0 Å². The third-order valence-corrected chi connectivity index (χ3v) is 4.55. The molecule has 1 atom stereocenters. The molecule has 0 aliphatic rings. The minimum atomic E-state index is -0.233. The molecule has 7 nitrogen and oxygen atoms in total. The van der Waals surface area contributed by atoms with Crippen LogP contribution in [-0.2, 0) is 0 Å². The predicted octanol–water partition coefficient (Wildman–Crippen LogP) is 3.62. The van der Waals surface area contributed by atoms with Gasteiger partial charge in [0.15, 0.2) is 11.4 Å². The van der Waals surface area contributed by atoms with Crippen molar-refractivity contribution in [3.63, 3.8) is 0 Å². The fraction of sp³-hybridized carbons (Fsp3) is 0.0952. The van der Waals surface area contributed by atoms with Gasteiger partial charge in [-0.25, -0.2) is 9.50 Å². The van der Waals surface area contributed by atoms with Gasteiger partial charge in [-0.15, -0.1) is 5.10 Å². The minimum Gasteiger partial charge on any atom is -0.475 e. The minimum absolute atomic E-state index is 0.233. The Hall–Kier alpha value is -3.71. The summed E-state index contributed by atoms with van der Waals surface area (Å²) in [4.78, 5) is 8.51. The van der Waals surface area contributed by atoms with Gasteiger partial charge in [0.05, 0.1) is 12.2 Å². The van der Waals surface area contributed by atoms with Gasteiger partial charge >= 0.3 is 0 Å². The molecule has 0 spiro atoms. The Morgan fingerprint density at radius 1 is 1.07 bits per heavy atom. The molecular weight excluding hydrogens is 354 g/mol. The van der Waals surface area contributed by atoms with Gasteiger partial charge in [-0.3, -0.25) is 4.98 Å². The molecule has 0 aliphatic heterocycles. The molecule has 28 heavy (non-hydrogen) atoms. The number of rotatable bonds is 5. The fourth-order valence-electron chi connectivity index (χ4n) is 3.08. The zero-order chi connectivity index (χ0) is 18.9. The van der Waals surface area contributed by atoms with E-state index in [-0.39, 0.29) is 6.04 Å². The lowest BCUT2D eigenvalue weighted by molar-refractivity contribution is 0.276. The number of pyridine rings is 1. The summed E-state index contributed by atoms with van der Waals surface area (Å²) in [6, 6.07) is 17.0.